The molecule has 0 aliphatic heterocycles. The molecule has 226 valence electrons. The fourth-order valence-electron chi connectivity index (χ4n) is 2.40. The number of benzene rings is 1. The number of anilines is 2. The number of alkyl halides is 17. The van der Waals surface area contributed by atoms with Crippen molar-refractivity contribution in [2.24, 2.45) is 0 Å². The third-order valence-electron chi connectivity index (χ3n) is 4.75. The second-order valence-corrected chi connectivity index (χ2v) is 7.45. The summed E-state index contributed by atoms with van der Waals surface area (Å²) in [7, 11) is 0. The number of hydrogen-bond donors (Lipinski definition) is 2. The van der Waals surface area contributed by atoms with Crippen molar-refractivity contribution < 1.29 is 88.2 Å². The molecule has 0 heterocycles. The minimum Gasteiger partial charge on any atom is -0.429 e. The topological polar surface area (TPSA) is 61.3 Å². The molecular formula is C17H9F19N2O. The van der Waals surface area contributed by atoms with Crippen molar-refractivity contribution in [3.8, 4) is 5.75 Å². The van der Waals surface area contributed by atoms with E-state index in [1.54, 1.807) is 0 Å². The summed E-state index contributed by atoms with van der Waals surface area (Å²) < 4.78 is 256. The number of allylic oxidation sites excluding steroid dienone is 1. The largest absolute Gasteiger partial charge is 0.460 e. The van der Waals surface area contributed by atoms with Gasteiger partial charge in [0.15, 0.2) is 0 Å². The molecule has 0 aliphatic carbocycles. The lowest BCUT2D eigenvalue weighted by Gasteiger charge is -2.42. The Kier molecular flexibility index (Phi) is 8.13. The van der Waals surface area contributed by atoms with Crippen LogP contribution in [0.2, 0.25) is 0 Å². The van der Waals surface area contributed by atoms with Crippen molar-refractivity contribution in [3.63, 3.8) is 0 Å². The van der Waals surface area contributed by atoms with Crippen LogP contribution in [0.15, 0.2) is 24.0 Å². The van der Waals surface area contributed by atoms with Gasteiger partial charge in [-0.3, -0.25) is 0 Å². The van der Waals surface area contributed by atoms with Crippen LogP contribution in [0.25, 0.3) is 0 Å². The molecule has 3 nitrogen and oxygen atoms in total. The normalized spacial score (nSPS) is 15.8. The average Bonchev–Trinajstić information content (AvgIpc) is 2.75. The molecule has 1 aromatic carbocycles. The Morgan fingerprint density at radius 2 is 0.897 bits per heavy atom. The van der Waals surface area contributed by atoms with Crippen LogP contribution >= 0.6 is 0 Å². The van der Waals surface area contributed by atoms with Gasteiger partial charge in [0.05, 0.1) is 11.4 Å². The number of hydrogen-bond acceptors (Lipinski definition) is 3. The number of nitrogens with two attached hydrogens (primary N) is 2. The van der Waals surface area contributed by atoms with Crippen molar-refractivity contribution >= 4 is 11.4 Å². The van der Waals surface area contributed by atoms with Crippen molar-refractivity contribution in [1.29, 1.82) is 0 Å². The van der Waals surface area contributed by atoms with E-state index < -0.39 is 76.5 Å². The average molecular weight is 618 g/mol. The molecule has 0 atom stereocenters. The van der Waals surface area contributed by atoms with Crippen LogP contribution in [-0.2, 0) is 0 Å². The summed E-state index contributed by atoms with van der Waals surface area (Å²) in [5.74, 6) is -65.7. The molecule has 1 rings (SSSR count). The number of nitrogen functional groups attached to an aromatic ring is 2. The van der Waals surface area contributed by atoms with Gasteiger partial charge in [0.2, 0.25) is 5.83 Å². The van der Waals surface area contributed by atoms with Crippen LogP contribution in [-0.4, -0.2) is 47.6 Å². The van der Waals surface area contributed by atoms with Gasteiger partial charge in [0, 0.05) is 6.07 Å². The van der Waals surface area contributed by atoms with E-state index in [0.29, 0.717) is 6.07 Å². The van der Waals surface area contributed by atoms with Gasteiger partial charge < -0.3 is 16.2 Å². The van der Waals surface area contributed by atoms with Crippen molar-refractivity contribution in [2.75, 3.05) is 11.5 Å². The van der Waals surface area contributed by atoms with E-state index >= 15 is 0 Å². The Bertz CT molecular complexity index is 1120. The molecule has 0 unspecified atom stereocenters. The van der Waals surface area contributed by atoms with E-state index in [9.17, 15) is 83.4 Å². The fourth-order valence-corrected chi connectivity index (χ4v) is 2.40. The van der Waals surface area contributed by atoms with Crippen LogP contribution in [0.1, 0.15) is 5.56 Å². The molecule has 0 fully saturated rings. The zero-order valence-corrected chi connectivity index (χ0v) is 17.9. The molecule has 1 aromatic rings. The number of rotatable bonds is 9. The summed E-state index contributed by atoms with van der Waals surface area (Å²) in [5.41, 5.74) is 9.05. The molecular weight excluding hydrogens is 609 g/mol. The Morgan fingerprint density at radius 3 is 1.28 bits per heavy atom. The van der Waals surface area contributed by atoms with E-state index in [2.05, 4.69) is 4.74 Å². The molecule has 0 spiro atoms. The van der Waals surface area contributed by atoms with Gasteiger partial charge in [0.1, 0.15) is 5.75 Å². The minimum absolute atomic E-state index is 0.336. The molecule has 22 heteroatoms. The zero-order chi connectivity index (χ0) is 31.6. The lowest BCUT2D eigenvalue weighted by atomic mass is 9.88. The highest BCUT2D eigenvalue weighted by molar-refractivity contribution is 5.67. The molecule has 0 saturated carbocycles. The number of ether oxygens (including phenoxy) is 1. The van der Waals surface area contributed by atoms with Crippen LogP contribution in [0.3, 0.4) is 0 Å². The van der Waals surface area contributed by atoms with Gasteiger partial charge in [-0.1, -0.05) is 0 Å². The maximum atomic E-state index is 13.8. The Balaban J connectivity index is 3.70. The first-order chi connectivity index (χ1) is 16.9. The minimum atomic E-state index is -8.94. The van der Waals surface area contributed by atoms with Gasteiger partial charge in [-0.15, -0.1) is 0 Å². The van der Waals surface area contributed by atoms with Crippen LogP contribution in [0.4, 0.5) is 94.8 Å². The maximum Gasteiger partial charge on any atom is 0.460 e. The lowest BCUT2D eigenvalue weighted by molar-refractivity contribution is -0.460. The highest BCUT2D eigenvalue weighted by Gasteiger charge is 2.95. The second-order valence-electron chi connectivity index (χ2n) is 7.45. The molecule has 0 aromatic heterocycles. The van der Waals surface area contributed by atoms with Gasteiger partial charge in [0.25, 0.3) is 0 Å². The molecule has 0 amide bonds. The van der Waals surface area contributed by atoms with Gasteiger partial charge in [-0.2, -0.15) is 83.4 Å². The third-order valence-corrected chi connectivity index (χ3v) is 4.75. The predicted molar refractivity (Wildman–Crippen MR) is 90.6 cm³/mol. The van der Waals surface area contributed by atoms with Crippen LogP contribution in [0.5, 0.6) is 5.75 Å². The van der Waals surface area contributed by atoms with E-state index in [1.165, 1.54) is 0 Å². The Morgan fingerprint density at radius 1 is 0.564 bits per heavy atom. The smallest absolute Gasteiger partial charge is 0.429 e. The molecule has 0 aliphatic rings. The van der Waals surface area contributed by atoms with Crippen LogP contribution in [0, 0.1) is 6.92 Å². The lowest BCUT2D eigenvalue weighted by Crippen LogP contribution is -2.74. The summed E-state index contributed by atoms with van der Waals surface area (Å²) in [4.78, 5) is 0. The van der Waals surface area contributed by atoms with Crippen molar-refractivity contribution in [1.82, 2.24) is 0 Å². The number of halogens is 19. The molecule has 39 heavy (non-hydrogen) atoms. The summed E-state index contributed by atoms with van der Waals surface area (Å²) >= 11 is 0. The van der Waals surface area contributed by atoms with Gasteiger partial charge in [-0.25, -0.2) is 0 Å². The first-order valence-electron chi connectivity index (χ1n) is 8.98. The van der Waals surface area contributed by atoms with Crippen molar-refractivity contribution in [2.45, 2.75) is 54.6 Å². The molecule has 0 radical (unpaired) electrons. The summed E-state index contributed by atoms with van der Waals surface area (Å²) in [5, 5.41) is 0. The third kappa shape index (κ3) is 4.72. The Hall–Kier alpha value is -2.97. The van der Waals surface area contributed by atoms with Crippen molar-refractivity contribution in [3.05, 3.63) is 29.5 Å². The van der Waals surface area contributed by atoms with Gasteiger partial charge in [-0.05, 0) is 18.6 Å². The SMILES string of the molecule is Cc1cc(N)c(N)cc1OC(F)=C(F)C(F)(F)C(F)(F)C(F)(F)C(F)(F)C(F)(F)C(F)(F)C(F)(F)C(F)(F)F. The van der Waals surface area contributed by atoms with E-state index in [-0.39, 0.29) is 5.69 Å². The molecule has 4 N–H and O–H groups in total. The summed E-state index contributed by atoms with van der Waals surface area (Å²) in [6.07, 6.45) is -7.92. The predicted octanol–water partition coefficient (Wildman–Crippen LogP) is 7.66. The second kappa shape index (κ2) is 9.30. The monoisotopic (exact) mass is 618 g/mol. The van der Waals surface area contributed by atoms with E-state index in [1.807, 2.05) is 0 Å². The highest BCUT2D eigenvalue weighted by atomic mass is 19.4. The summed E-state index contributed by atoms with van der Waals surface area (Å²) in [6.45, 7) is 0.872. The highest BCUT2D eigenvalue weighted by Crippen LogP contribution is 2.64. The Labute approximate surface area is 202 Å². The first-order valence-corrected chi connectivity index (χ1v) is 8.98. The first kappa shape index (κ1) is 34.1. The number of aryl methyl sites for hydroxylation is 1. The zero-order valence-electron chi connectivity index (χ0n) is 17.9. The van der Waals surface area contributed by atoms with E-state index in [0.717, 1.165) is 13.0 Å². The quantitative estimate of drug-likeness (QED) is 0.170. The fraction of sp³-hybridized carbons (Fsp3) is 0.529. The summed E-state index contributed by atoms with van der Waals surface area (Å²) in [6, 6.07) is -2.53. The maximum absolute atomic E-state index is 13.8. The molecule has 0 saturated heterocycles. The van der Waals surface area contributed by atoms with Crippen LogP contribution < -0.4 is 16.2 Å². The standard InChI is InChI=1S/C17H9F19N2O/c1-4-2-5(37)6(38)3-7(4)39-9(19)8(18)10(20,21)11(22,23)12(24,25)13(26,27)14(28,29)15(30,31)16(32,33)17(34,35)36/h2-3H,37-38H2,1H3. The van der Waals surface area contributed by atoms with E-state index in [4.69, 9.17) is 11.5 Å². The van der Waals surface area contributed by atoms with Gasteiger partial charge >= 0.3 is 53.6 Å². The molecule has 0 bridgehead atoms.